The van der Waals surface area contributed by atoms with Crippen molar-refractivity contribution in [3.63, 3.8) is 0 Å². The summed E-state index contributed by atoms with van der Waals surface area (Å²) in [5.74, 6) is 0. The monoisotopic (exact) mass is 381 g/mol. The molecule has 2 aromatic rings. The normalized spacial score (nSPS) is 22.8. The Hall–Kier alpha value is -1.18. The molecule has 2 aliphatic heterocycles. The van der Waals surface area contributed by atoms with Crippen LogP contribution in [0.4, 0.5) is 0 Å². The maximum atomic E-state index is 13.1. The lowest BCUT2D eigenvalue weighted by molar-refractivity contribution is 0.145. The van der Waals surface area contributed by atoms with E-state index >= 15 is 0 Å². The van der Waals surface area contributed by atoms with E-state index < -0.39 is 10.0 Å². The molecule has 4 rings (SSSR count). The molecule has 2 heterocycles. The highest BCUT2D eigenvalue weighted by Crippen LogP contribution is 2.26. The van der Waals surface area contributed by atoms with Crippen LogP contribution in [0, 0.1) is 0 Å². The molecule has 2 aromatic carbocycles. The molecule has 0 saturated carbocycles. The molecule has 0 spiro atoms. The highest BCUT2D eigenvalue weighted by molar-refractivity contribution is 7.89. The molecule has 1 unspecified atom stereocenters. The lowest BCUT2D eigenvalue weighted by Crippen LogP contribution is -2.52. The van der Waals surface area contributed by atoms with Gasteiger partial charge in [-0.2, -0.15) is 4.31 Å². The standard InChI is InChI=1S/C18H23N3O2S.ClH/c22-24(23,18-7-3-5-15-4-1-2-6-17(15)18)21-12-10-20(11-13-21)16-8-9-19-14-16;/h1-7,16,19H,8-14H2;1H. The van der Waals surface area contributed by atoms with Crippen LogP contribution in [0.5, 0.6) is 0 Å². The van der Waals surface area contributed by atoms with E-state index in [0.717, 1.165) is 43.4 Å². The van der Waals surface area contributed by atoms with Gasteiger partial charge in [0.15, 0.2) is 0 Å². The molecule has 0 bridgehead atoms. The summed E-state index contributed by atoms with van der Waals surface area (Å²) >= 11 is 0. The third-order valence-electron chi connectivity index (χ3n) is 5.19. The quantitative estimate of drug-likeness (QED) is 0.882. The molecule has 5 nitrogen and oxygen atoms in total. The van der Waals surface area contributed by atoms with Crippen molar-refractivity contribution in [3.05, 3.63) is 42.5 Å². The van der Waals surface area contributed by atoms with Gasteiger partial charge in [0.2, 0.25) is 10.0 Å². The number of rotatable bonds is 3. The van der Waals surface area contributed by atoms with Gasteiger partial charge >= 0.3 is 0 Å². The van der Waals surface area contributed by atoms with Crippen LogP contribution in [-0.4, -0.2) is 62.9 Å². The fourth-order valence-electron chi connectivity index (χ4n) is 3.82. The summed E-state index contributed by atoms with van der Waals surface area (Å²) in [5, 5.41) is 5.16. The third kappa shape index (κ3) is 3.55. The number of hydrogen-bond acceptors (Lipinski definition) is 4. The zero-order chi connectivity index (χ0) is 16.6. The highest BCUT2D eigenvalue weighted by Gasteiger charge is 2.32. The molecule has 2 aliphatic rings. The molecule has 0 radical (unpaired) electrons. The minimum absolute atomic E-state index is 0. The maximum absolute atomic E-state index is 13.1. The van der Waals surface area contributed by atoms with Gasteiger partial charge in [0.25, 0.3) is 0 Å². The zero-order valence-corrected chi connectivity index (χ0v) is 15.7. The number of nitrogens with zero attached hydrogens (tertiary/aromatic N) is 2. The summed E-state index contributed by atoms with van der Waals surface area (Å²) in [6.45, 7) is 4.87. The van der Waals surface area contributed by atoms with Crippen molar-refractivity contribution in [3.8, 4) is 0 Å². The molecule has 0 aromatic heterocycles. The van der Waals surface area contributed by atoms with Crippen LogP contribution in [0.25, 0.3) is 10.8 Å². The van der Waals surface area contributed by atoms with Crippen LogP contribution >= 0.6 is 12.4 Å². The van der Waals surface area contributed by atoms with E-state index in [1.807, 2.05) is 36.4 Å². The molecule has 1 N–H and O–H groups in total. The smallest absolute Gasteiger partial charge is 0.243 e. The number of nitrogens with one attached hydrogen (secondary N) is 1. The average Bonchev–Trinajstić information content (AvgIpc) is 3.16. The van der Waals surface area contributed by atoms with Gasteiger partial charge < -0.3 is 5.32 Å². The summed E-state index contributed by atoms with van der Waals surface area (Å²) in [5.41, 5.74) is 0. The van der Waals surface area contributed by atoms with Gasteiger partial charge in [-0.25, -0.2) is 8.42 Å². The lowest BCUT2D eigenvalue weighted by Gasteiger charge is -2.37. The molecular formula is C18H24ClN3O2S. The van der Waals surface area contributed by atoms with E-state index in [9.17, 15) is 8.42 Å². The highest BCUT2D eigenvalue weighted by atomic mass is 35.5. The number of fused-ring (bicyclic) bond motifs is 1. The van der Waals surface area contributed by atoms with Crippen LogP contribution in [0.3, 0.4) is 0 Å². The van der Waals surface area contributed by atoms with E-state index in [-0.39, 0.29) is 12.4 Å². The molecule has 1 atom stereocenters. The summed E-state index contributed by atoms with van der Waals surface area (Å²) < 4.78 is 27.9. The Morgan fingerprint density at radius 3 is 2.40 bits per heavy atom. The summed E-state index contributed by atoms with van der Waals surface area (Å²) in [4.78, 5) is 2.85. The van der Waals surface area contributed by atoms with E-state index in [4.69, 9.17) is 0 Å². The van der Waals surface area contributed by atoms with E-state index in [0.29, 0.717) is 24.0 Å². The first-order chi connectivity index (χ1) is 11.7. The SMILES string of the molecule is Cl.O=S(=O)(c1cccc2ccccc12)N1CCN(C2CCNC2)CC1. The van der Waals surface area contributed by atoms with Crippen molar-refractivity contribution < 1.29 is 8.42 Å². The van der Waals surface area contributed by atoms with Gasteiger partial charge in [-0.3, -0.25) is 4.90 Å². The van der Waals surface area contributed by atoms with Crippen molar-refractivity contribution in [2.75, 3.05) is 39.3 Å². The maximum Gasteiger partial charge on any atom is 0.243 e. The predicted octanol–water partition coefficient (Wildman–Crippen LogP) is 1.93. The second-order valence-electron chi connectivity index (χ2n) is 6.56. The molecule has 0 aliphatic carbocycles. The zero-order valence-electron chi connectivity index (χ0n) is 14.1. The van der Waals surface area contributed by atoms with Crippen LogP contribution in [0.1, 0.15) is 6.42 Å². The summed E-state index contributed by atoms with van der Waals surface area (Å²) in [6.07, 6.45) is 1.16. The Morgan fingerprint density at radius 2 is 1.68 bits per heavy atom. The van der Waals surface area contributed by atoms with E-state index in [2.05, 4.69) is 10.2 Å². The molecule has 0 amide bonds. The summed E-state index contributed by atoms with van der Waals surface area (Å²) in [7, 11) is -3.44. The molecule has 25 heavy (non-hydrogen) atoms. The van der Waals surface area contributed by atoms with Crippen LogP contribution in [0.15, 0.2) is 47.4 Å². The Balaban J connectivity index is 0.00000182. The number of sulfonamides is 1. The number of hydrogen-bond donors (Lipinski definition) is 1. The first kappa shape index (κ1) is 18.6. The first-order valence-corrected chi connectivity index (χ1v) is 10.0. The minimum Gasteiger partial charge on any atom is -0.315 e. The predicted molar refractivity (Wildman–Crippen MR) is 103 cm³/mol. The van der Waals surface area contributed by atoms with Crippen molar-refractivity contribution >= 4 is 33.2 Å². The van der Waals surface area contributed by atoms with Gasteiger partial charge in [0.05, 0.1) is 4.90 Å². The largest absolute Gasteiger partial charge is 0.315 e. The fraction of sp³-hybridized carbons (Fsp3) is 0.444. The Labute approximate surface area is 155 Å². The molecular weight excluding hydrogens is 358 g/mol. The Kier molecular flexibility index (Phi) is 5.65. The first-order valence-electron chi connectivity index (χ1n) is 8.59. The molecule has 7 heteroatoms. The van der Waals surface area contributed by atoms with E-state index in [1.165, 1.54) is 0 Å². The average molecular weight is 382 g/mol. The fourth-order valence-corrected chi connectivity index (χ4v) is 5.46. The van der Waals surface area contributed by atoms with Crippen LogP contribution < -0.4 is 5.32 Å². The summed E-state index contributed by atoms with van der Waals surface area (Å²) in [6, 6.07) is 13.8. The van der Waals surface area contributed by atoms with Gasteiger partial charge in [-0.15, -0.1) is 12.4 Å². The number of benzene rings is 2. The van der Waals surface area contributed by atoms with Gasteiger partial charge in [-0.05, 0) is 24.4 Å². The van der Waals surface area contributed by atoms with Gasteiger partial charge in [0.1, 0.15) is 0 Å². The molecule has 136 valence electrons. The second-order valence-corrected chi connectivity index (χ2v) is 8.47. The van der Waals surface area contributed by atoms with Crippen molar-refractivity contribution in [2.45, 2.75) is 17.4 Å². The molecule has 2 saturated heterocycles. The van der Waals surface area contributed by atoms with Gasteiger partial charge in [0, 0.05) is 44.2 Å². The third-order valence-corrected chi connectivity index (χ3v) is 7.15. The lowest BCUT2D eigenvalue weighted by atomic mass is 10.1. The van der Waals surface area contributed by atoms with Crippen LogP contribution in [-0.2, 0) is 10.0 Å². The van der Waals surface area contributed by atoms with Crippen molar-refractivity contribution in [2.24, 2.45) is 0 Å². The number of halogens is 1. The van der Waals surface area contributed by atoms with Crippen molar-refractivity contribution in [1.29, 1.82) is 0 Å². The van der Waals surface area contributed by atoms with Gasteiger partial charge in [-0.1, -0.05) is 36.4 Å². The minimum atomic E-state index is -3.44. The van der Waals surface area contributed by atoms with Crippen molar-refractivity contribution in [1.82, 2.24) is 14.5 Å². The van der Waals surface area contributed by atoms with Crippen LogP contribution in [0.2, 0.25) is 0 Å². The number of piperazine rings is 1. The second kappa shape index (κ2) is 7.60. The molecule has 2 fully saturated rings. The topological polar surface area (TPSA) is 52.7 Å². The Morgan fingerprint density at radius 1 is 0.960 bits per heavy atom. The Bertz CT molecular complexity index is 824. The van der Waals surface area contributed by atoms with E-state index in [1.54, 1.807) is 10.4 Å².